The van der Waals surface area contributed by atoms with Gasteiger partial charge in [-0.05, 0) is 50.2 Å². The summed E-state index contributed by atoms with van der Waals surface area (Å²) < 4.78 is 11.9. The highest BCUT2D eigenvalue weighted by atomic mass is 32.2. The number of hydrogen-bond acceptors (Lipinski definition) is 4. The molecule has 3 nitrogen and oxygen atoms in total. The zero-order valence-electron chi connectivity index (χ0n) is 17.1. The molecule has 1 aliphatic rings. The molecule has 1 aliphatic heterocycles. The third-order valence-corrected chi connectivity index (χ3v) is 6.70. The maximum absolute atomic E-state index is 10.8. The fourth-order valence-electron chi connectivity index (χ4n) is 3.85. The molecule has 1 heterocycles. The first-order chi connectivity index (χ1) is 12.2. The van der Waals surface area contributed by atoms with Crippen LogP contribution in [-0.2, 0) is 9.47 Å². The number of aliphatic hydroxyl groups is 1. The van der Waals surface area contributed by atoms with E-state index >= 15 is 0 Å². The second-order valence-electron chi connectivity index (χ2n) is 8.55. The summed E-state index contributed by atoms with van der Waals surface area (Å²) in [6.07, 6.45) is 0.853. The van der Waals surface area contributed by atoms with E-state index in [0.717, 1.165) is 18.8 Å². The molecular weight excluding hydrogens is 344 g/mol. The Morgan fingerprint density at radius 1 is 1.15 bits per heavy atom. The number of hydrogen-bond donors (Lipinski definition) is 1. The van der Waals surface area contributed by atoms with E-state index in [1.807, 2.05) is 31.7 Å². The Labute approximate surface area is 163 Å². The third-order valence-electron chi connectivity index (χ3n) is 5.40. The van der Waals surface area contributed by atoms with Gasteiger partial charge in [0.2, 0.25) is 0 Å². The largest absolute Gasteiger partial charge is 0.393 e. The predicted molar refractivity (Wildman–Crippen MR) is 109 cm³/mol. The maximum atomic E-state index is 10.8. The number of benzene rings is 1. The minimum Gasteiger partial charge on any atom is -0.393 e. The fourth-order valence-corrected chi connectivity index (χ4v) is 4.85. The number of ether oxygens (including phenoxy) is 2. The molecular formula is C22H36O3S. The lowest BCUT2D eigenvalue weighted by Crippen LogP contribution is -2.47. The molecule has 0 bridgehead atoms. The molecule has 2 rings (SSSR count). The predicted octanol–water partition coefficient (Wildman–Crippen LogP) is 5.23. The quantitative estimate of drug-likeness (QED) is 0.627. The molecule has 1 N–H and O–H groups in total. The molecule has 0 spiro atoms. The minimum atomic E-state index is -0.507. The van der Waals surface area contributed by atoms with Gasteiger partial charge in [0.1, 0.15) is 0 Å². The molecule has 1 saturated heterocycles. The summed E-state index contributed by atoms with van der Waals surface area (Å²) in [7, 11) is 0. The van der Waals surface area contributed by atoms with E-state index in [4.69, 9.17) is 9.47 Å². The molecule has 0 unspecified atom stereocenters. The van der Waals surface area contributed by atoms with E-state index in [1.165, 1.54) is 4.90 Å². The lowest BCUT2D eigenvalue weighted by Gasteiger charge is -2.43. The number of thioether (sulfide) groups is 1. The zero-order chi connectivity index (χ0) is 19.3. The Hall–Kier alpha value is -0.550. The van der Waals surface area contributed by atoms with E-state index in [9.17, 15) is 5.11 Å². The van der Waals surface area contributed by atoms with E-state index in [1.54, 1.807) is 0 Å². The smallest absolute Gasteiger partial charge is 0.163 e. The van der Waals surface area contributed by atoms with Gasteiger partial charge in [-0.25, -0.2) is 0 Å². The van der Waals surface area contributed by atoms with Gasteiger partial charge in [0.25, 0.3) is 0 Å². The van der Waals surface area contributed by atoms with Crippen molar-refractivity contribution in [1.29, 1.82) is 0 Å². The Kier molecular flexibility index (Phi) is 8.02. The van der Waals surface area contributed by atoms with Crippen molar-refractivity contribution in [2.45, 2.75) is 70.9 Å². The van der Waals surface area contributed by atoms with Crippen LogP contribution in [0.25, 0.3) is 0 Å². The van der Waals surface area contributed by atoms with Gasteiger partial charge in [-0.2, -0.15) is 0 Å². The highest BCUT2D eigenvalue weighted by molar-refractivity contribution is 7.99. The van der Waals surface area contributed by atoms with Gasteiger partial charge in [-0.15, -0.1) is 11.8 Å². The van der Waals surface area contributed by atoms with Crippen LogP contribution in [-0.4, -0.2) is 35.5 Å². The molecule has 6 atom stereocenters. The first kappa shape index (κ1) is 21.7. The maximum Gasteiger partial charge on any atom is 0.163 e. The van der Waals surface area contributed by atoms with Crippen LogP contribution in [0.5, 0.6) is 0 Å². The van der Waals surface area contributed by atoms with Crippen molar-refractivity contribution in [1.82, 2.24) is 0 Å². The van der Waals surface area contributed by atoms with Crippen LogP contribution in [0.4, 0.5) is 0 Å². The van der Waals surface area contributed by atoms with Gasteiger partial charge >= 0.3 is 0 Å². The Bertz CT molecular complexity index is 533. The third kappa shape index (κ3) is 6.26. The SMILES string of the molecule is C[C@H](CSc1ccccc1)[C@H](O)[C@H](C)C[C@@H](C)[C@@H]1OC(C)(C)OC[C@H]1C. The summed E-state index contributed by atoms with van der Waals surface area (Å²) in [5, 5.41) is 10.8. The molecule has 1 aromatic carbocycles. The van der Waals surface area contributed by atoms with Crippen LogP contribution in [0.15, 0.2) is 35.2 Å². The first-order valence-corrected chi connectivity index (χ1v) is 10.9. The summed E-state index contributed by atoms with van der Waals surface area (Å²) in [5.41, 5.74) is 0. The normalized spacial score (nSPS) is 27.5. The molecule has 0 aliphatic carbocycles. The first-order valence-electron chi connectivity index (χ1n) is 9.87. The van der Waals surface area contributed by atoms with Crippen molar-refractivity contribution < 1.29 is 14.6 Å². The number of aliphatic hydroxyl groups excluding tert-OH is 1. The van der Waals surface area contributed by atoms with Gasteiger partial charge in [0.05, 0.1) is 18.8 Å². The molecule has 1 aromatic rings. The Morgan fingerprint density at radius 2 is 1.81 bits per heavy atom. The van der Waals surface area contributed by atoms with E-state index in [0.29, 0.717) is 11.8 Å². The molecule has 4 heteroatoms. The standard InChI is InChI=1S/C22H36O3S/c1-15(12-16(2)21-17(3)13-24-22(5,6)25-21)20(23)18(4)14-26-19-10-8-7-9-11-19/h7-11,15-18,20-21,23H,12-14H2,1-6H3/t15-,16-,17-,18-,20-,21+/m1/s1. The topological polar surface area (TPSA) is 38.7 Å². The summed E-state index contributed by atoms with van der Waals surface area (Å²) >= 11 is 1.82. The van der Waals surface area contributed by atoms with E-state index in [-0.39, 0.29) is 24.0 Å². The highest BCUT2D eigenvalue weighted by Gasteiger charge is 2.38. The average molecular weight is 381 g/mol. The van der Waals surface area contributed by atoms with Crippen LogP contribution in [0.3, 0.4) is 0 Å². The highest BCUT2D eigenvalue weighted by Crippen LogP contribution is 2.34. The van der Waals surface area contributed by atoms with Crippen molar-refractivity contribution in [3.63, 3.8) is 0 Å². The molecule has 0 saturated carbocycles. The van der Waals surface area contributed by atoms with E-state index < -0.39 is 5.79 Å². The minimum absolute atomic E-state index is 0.183. The van der Waals surface area contributed by atoms with Crippen LogP contribution in [0.2, 0.25) is 0 Å². The summed E-state index contributed by atoms with van der Waals surface area (Å²) in [6, 6.07) is 10.4. The molecule has 0 radical (unpaired) electrons. The zero-order valence-corrected chi connectivity index (χ0v) is 18.0. The number of rotatable bonds is 8. The van der Waals surface area contributed by atoms with Gasteiger partial charge < -0.3 is 14.6 Å². The van der Waals surface area contributed by atoms with Crippen LogP contribution < -0.4 is 0 Å². The van der Waals surface area contributed by atoms with Gasteiger partial charge in [0, 0.05) is 16.6 Å². The van der Waals surface area contributed by atoms with Gasteiger partial charge in [0.15, 0.2) is 5.79 Å². The van der Waals surface area contributed by atoms with Crippen molar-refractivity contribution in [3.8, 4) is 0 Å². The second-order valence-corrected chi connectivity index (χ2v) is 9.65. The van der Waals surface area contributed by atoms with Gasteiger partial charge in [-0.3, -0.25) is 0 Å². The van der Waals surface area contributed by atoms with Crippen molar-refractivity contribution >= 4 is 11.8 Å². The molecule has 26 heavy (non-hydrogen) atoms. The van der Waals surface area contributed by atoms with Crippen molar-refractivity contribution in [2.24, 2.45) is 23.7 Å². The second kappa shape index (κ2) is 9.59. The summed E-state index contributed by atoms with van der Waals surface area (Å²) in [4.78, 5) is 1.26. The Morgan fingerprint density at radius 3 is 2.46 bits per heavy atom. The molecule has 1 fully saturated rings. The molecule has 0 aromatic heterocycles. The van der Waals surface area contributed by atoms with Gasteiger partial charge in [-0.1, -0.05) is 45.9 Å². The Balaban J connectivity index is 1.83. The van der Waals surface area contributed by atoms with Crippen molar-refractivity contribution in [2.75, 3.05) is 12.4 Å². The molecule has 0 amide bonds. The van der Waals surface area contributed by atoms with Crippen LogP contribution in [0, 0.1) is 23.7 Å². The van der Waals surface area contributed by atoms with E-state index in [2.05, 4.69) is 52.0 Å². The lowest BCUT2D eigenvalue weighted by atomic mass is 9.82. The summed E-state index contributed by atoms with van der Waals surface area (Å²) in [5.74, 6) is 1.71. The molecule has 148 valence electrons. The fraction of sp³-hybridized carbons (Fsp3) is 0.727. The lowest BCUT2D eigenvalue weighted by molar-refractivity contribution is -0.300. The monoisotopic (exact) mass is 380 g/mol. The summed E-state index contributed by atoms with van der Waals surface area (Å²) in [6.45, 7) is 13.5. The average Bonchev–Trinajstić information content (AvgIpc) is 2.61. The van der Waals surface area contributed by atoms with Crippen LogP contribution in [0.1, 0.15) is 48.0 Å². The van der Waals surface area contributed by atoms with Crippen LogP contribution >= 0.6 is 11.8 Å². The van der Waals surface area contributed by atoms with Crippen molar-refractivity contribution in [3.05, 3.63) is 30.3 Å².